The summed E-state index contributed by atoms with van der Waals surface area (Å²) in [6.07, 6.45) is 1.57. The van der Waals surface area contributed by atoms with Crippen LogP contribution in [0.4, 0.5) is 5.69 Å². The van der Waals surface area contributed by atoms with Gasteiger partial charge in [0.05, 0.1) is 16.5 Å². The van der Waals surface area contributed by atoms with Gasteiger partial charge in [-0.05, 0) is 72.9 Å². The fraction of sp³-hybridized carbons (Fsp3) is 0. The van der Waals surface area contributed by atoms with Gasteiger partial charge in [-0.25, -0.2) is 4.98 Å². The SMILES string of the molecule is N#C/C(=C\c1cc(Br)c(N=O)c(Br)c1)c1nc2ccccc2c(=O)[nH]1. The Morgan fingerprint density at radius 3 is 2.56 bits per heavy atom. The number of H-pyrrole nitrogens is 1. The van der Waals surface area contributed by atoms with Gasteiger partial charge >= 0.3 is 0 Å². The number of hydrogen-bond donors (Lipinski definition) is 1. The summed E-state index contributed by atoms with van der Waals surface area (Å²) in [5, 5.41) is 12.8. The van der Waals surface area contributed by atoms with E-state index < -0.39 is 0 Å². The summed E-state index contributed by atoms with van der Waals surface area (Å²) in [5.41, 5.74) is 1.25. The van der Waals surface area contributed by atoms with Gasteiger partial charge in [0.1, 0.15) is 11.8 Å². The first kappa shape index (κ1) is 17.2. The van der Waals surface area contributed by atoms with Crippen LogP contribution >= 0.6 is 31.9 Å². The Bertz CT molecular complexity index is 1110. The van der Waals surface area contributed by atoms with Crippen LogP contribution in [0.1, 0.15) is 11.4 Å². The van der Waals surface area contributed by atoms with Crippen LogP contribution in [0, 0.1) is 16.2 Å². The molecular weight excluding hydrogens is 452 g/mol. The maximum Gasteiger partial charge on any atom is 0.259 e. The number of nitroso groups, excluding NO2 is 1. The number of allylic oxidation sites excluding steroid dienone is 1. The van der Waals surface area contributed by atoms with E-state index in [0.29, 0.717) is 25.4 Å². The molecule has 0 amide bonds. The molecule has 1 N–H and O–H groups in total. The molecule has 0 aliphatic carbocycles. The van der Waals surface area contributed by atoms with Crippen LogP contribution in [0.3, 0.4) is 0 Å². The average Bonchev–Trinajstić information content (AvgIpc) is 2.59. The molecule has 0 aliphatic rings. The van der Waals surface area contributed by atoms with Crippen LogP contribution in [0.2, 0.25) is 0 Å². The maximum atomic E-state index is 12.2. The van der Waals surface area contributed by atoms with Crippen molar-refractivity contribution in [3.63, 3.8) is 0 Å². The summed E-state index contributed by atoms with van der Waals surface area (Å²) in [7, 11) is 0. The smallest absolute Gasteiger partial charge is 0.259 e. The molecule has 3 aromatic rings. The minimum absolute atomic E-state index is 0.177. The first-order valence-electron chi connectivity index (χ1n) is 6.97. The highest BCUT2D eigenvalue weighted by Crippen LogP contribution is 2.35. The molecule has 0 saturated carbocycles. The summed E-state index contributed by atoms with van der Waals surface area (Å²) in [6, 6.07) is 12.2. The number of fused-ring (bicyclic) bond motifs is 1. The number of benzene rings is 2. The van der Waals surface area contributed by atoms with E-state index in [1.165, 1.54) is 0 Å². The largest absolute Gasteiger partial charge is 0.305 e. The molecule has 0 aliphatic heterocycles. The molecule has 6 nitrogen and oxygen atoms in total. The molecule has 0 atom stereocenters. The van der Waals surface area contributed by atoms with Gasteiger partial charge in [-0.2, -0.15) is 5.26 Å². The third-order valence-corrected chi connectivity index (χ3v) is 4.64. The van der Waals surface area contributed by atoms with Crippen molar-refractivity contribution >= 4 is 60.1 Å². The van der Waals surface area contributed by atoms with Crippen molar-refractivity contribution < 1.29 is 0 Å². The van der Waals surface area contributed by atoms with Crippen LogP contribution in [0.15, 0.2) is 55.3 Å². The molecule has 0 radical (unpaired) electrons. The number of nitrogens with one attached hydrogen (secondary N) is 1. The standard InChI is InChI=1S/C17H8Br2N4O2/c18-12-6-9(7-13(19)15(12)23-25)5-10(8-20)16-21-14-4-2-1-3-11(14)17(24)22-16/h1-7H,(H,21,22,24)/b10-5+. The van der Waals surface area contributed by atoms with E-state index in [-0.39, 0.29) is 22.6 Å². The van der Waals surface area contributed by atoms with E-state index in [9.17, 15) is 15.0 Å². The lowest BCUT2D eigenvalue weighted by atomic mass is 10.1. The molecule has 3 rings (SSSR count). The van der Waals surface area contributed by atoms with Gasteiger partial charge in [-0.3, -0.25) is 4.79 Å². The zero-order chi connectivity index (χ0) is 18.0. The van der Waals surface area contributed by atoms with Crippen molar-refractivity contribution in [2.24, 2.45) is 5.18 Å². The minimum Gasteiger partial charge on any atom is -0.305 e. The van der Waals surface area contributed by atoms with Gasteiger partial charge in [0.25, 0.3) is 5.56 Å². The van der Waals surface area contributed by atoms with Crippen molar-refractivity contribution in [2.75, 3.05) is 0 Å². The number of hydrogen-bond acceptors (Lipinski definition) is 5. The molecule has 1 heterocycles. The number of nitriles is 1. The molecule has 8 heteroatoms. The van der Waals surface area contributed by atoms with Crippen molar-refractivity contribution in [3.8, 4) is 6.07 Å². The van der Waals surface area contributed by atoms with Crippen LogP contribution in [-0.2, 0) is 0 Å². The highest BCUT2D eigenvalue weighted by molar-refractivity contribution is 9.11. The normalized spacial score (nSPS) is 11.3. The number of para-hydroxylation sites is 1. The van der Waals surface area contributed by atoms with Crippen molar-refractivity contribution in [3.05, 3.63) is 72.0 Å². The second-order valence-corrected chi connectivity index (χ2v) is 6.73. The molecule has 25 heavy (non-hydrogen) atoms. The Morgan fingerprint density at radius 1 is 1.24 bits per heavy atom. The maximum absolute atomic E-state index is 12.2. The Balaban J connectivity index is 2.15. The van der Waals surface area contributed by atoms with Crippen molar-refractivity contribution in [2.45, 2.75) is 0 Å². The third-order valence-electron chi connectivity index (χ3n) is 3.43. The van der Waals surface area contributed by atoms with Crippen LogP contribution < -0.4 is 5.56 Å². The summed E-state index contributed by atoms with van der Waals surface area (Å²) in [4.78, 5) is 29.9. The van der Waals surface area contributed by atoms with Gasteiger partial charge in [0.15, 0.2) is 5.82 Å². The molecule has 0 fully saturated rings. The first-order valence-corrected chi connectivity index (χ1v) is 8.55. The average molecular weight is 460 g/mol. The van der Waals surface area contributed by atoms with E-state index in [0.717, 1.165) is 0 Å². The van der Waals surface area contributed by atoms with Gasteiger partial charge in [0.2, 0.25) is 0 Å². The summed E-state index contributed by atoms with van der Waals surface area (Å²) < 4.78 is 0.973. The lowest BCUT2D eigenvalue weighted by Gasteiger charge is -2.04. The number of halogens is 2. The highest BCUT2D eigenvalue weighted by Gasteiger charge is 2.11. The quantitative estimate of drug-likeness (QED) is 0.444. The van der Waals surface area contributed by atoms with E-state index in [2.05, 4.69) is 47.0 Å². The predicted molar refractivity (Wildman–Crippen MR) is 103 cm³/mol. The van der Waals surface area contributed by atoms with Gasteiger partial charge < -0.3 is 4.98 Å². The van der Waals surface area contributed by atoms with Crippen LogP contribution in [-0.4, -0.2) is 9.97 Å². The number of rotatable bonds is 3. The van der Waals surface area contributed by atoms with Gasteiger partial charge in [-0.1, -0.05) is 12.1 Å². The Hall–Kier alpha value is -2.63. The monoisotopic (exact) mass is 458 g/mol. The molecule has 1 aromatic heterocycles. The zero-order valence-electron chi connectivity index (χ0n) is 12.5. The molecule has 2 aromatic carbocycles. The van der Waals surface area contributed by atoms with E-state index >= 15 is 0 Å². The van der Waals surface area contributed by atoms with Crippen molar-refractivity contribution in [1.29, 1.82) is 5.26 Å². The Labute approximate surface area is 158 Å². The van der Waals surface area contributed by atoms with Gasteiger partial charge in [-0.15, -0.1) is 4.91 Å². The molecular formula is C17H8Br2N4O2. The molecule has 0 spiro atoms. The van der Waals surface area contributed by atoms with Crippen molar-refractivity contribution in [1.82, 2.24) is 9.97 Å². The second kappa shape index (κ2) is 7.09. The molecule has 0 bridgehead atoms. The first-order chi connectivity index (χ1) is 12.0. The highest BCUT2D eigenvalue weighted by atomic mass is 79.9. The minimum atomic E-state index is -0.315. The van der Waals surface area contributed by atoms with E-state index in [4.69, 9.17) is 0 Å². The van der Waals surface area contributed by atoms with Crippen LogP contribution in [0.5, 0.6) is 0 Å². The number of nitrogens with zero attached hydrogens (tertiary/aromatic N) is 3. The number of aromatic nitrogens is 2. The lowest BCUT2D eigenvalue weighted by Crippen LogP contribution is -2.11. The third kappa shape index (κ3) is 3.43. The summed E-state index contributed by atoms with van der Waals surface area (Å²) >= 11 is 6.52. The van der Waals surface area contributed by atoms with Gasteiger partial charge in [0, 0.05) is 8.95 Å². The molecule has 0 unspecified atom stereocenters. The topological polar surface area (TPSA) is 99.0 Å². The fourth-order valence-electron chi connectivity index (χ4n) is 2.29. The summed E-state index contributed by atoms with van der Waals surface area (Å²) in [5.74, 6) is 0.177. The van der Waals surface area contributed by atoms with Crippen LogP contribution in [0.25, 0.3) is 22.6 Å². The van der Waals surface area contributed by atoms with E-state index in [1.54, 1.807) is 42.5 Å². The molecule has 0 saturated heterocycles. The summed E-state index contributed by atoms with van der Waals surface area (Å²) in [6.45, 7) is 0. The predicted octanol–water partition coefficient (Wildman–Crippen LogP) is 4.91. The van der Waals surface area contributed by atoms with E-state index in [1.807, 2.05) is 6.07 Å². The molecule has 122 valence electrons. The Morgan fingerprint density at radius 2 is 1.92 bits per heavy atom. The Kier molecular flexibility index (Phi) is 4.88. The lowest BCUT2D eigenvalue weighted by molar-refractivity contribution is 1.13. The fourth-order valence-corrected chi connectivity index (χ4v) is 3.66. The second-order valence-electron chi connectivity index (χ2n) is 5.03. The number of aromatic amines is 1. The zero-order valence-corrected chi connectivity index (χ0v) is 15.6.